The topological polar surface area (TPSA) is 84.4 Å². The van der Waals surface area contributed by atoms with E-state index in [1.807, 2.05) is 0 Å². The molecule has 0 aromatic carbocycles. The number of likely N-dealkylation sites (tertiary alicyclic amines) is 1. The quantitative estimate of drug-likeness (QED) is 0.858. The first kappa shape index (κ1) is 13.3. The number of carbonyl (C=O) groups excluding carboxylic acids is 2. The number of hydrogen-bond donors (Lipinski definition) is 1. The van der Waals surface area contributed by atoms with Crippen molar-refractivity contribution in [1.82, 2.24) is 20.2 Å². The number of nitrogens with zero attached hydrogens (tertiary/aromatic N) is 3. The highest BCUT2D eigenvalue weighted by Crippen LogP contribution is 2.16. The number of ether oxygens (including phenoxy) is 1. The monoisotopic (exact) mass is 264 g/mol. The maximum absolute atomic E-state index is 12.0. The number of amides is 2. The molecule has 1 aromatic rings. The second-order valence-corrected chi connectivity index (χ2v) is 4.30. The van der Waals surface area contributed by atoms with Crippen molar-refractivity contribution in [3.63, 3.8) is 0 Å². The third-order valence-corrected chi connectivity index (χ3v) is 2.83. The van der Waals surface area contributed by atoms with Crippen molar-refractivity contribution in [3.05, 3.63) is 18.5 Å². The standard InChI is InChI=1S/C12H16N4O3/c1-9(17)15-10-5-2-3-8-16(10)12(18)19-11-13-6-4-7-14-11/h4,6-7,10H,2-3,5,8H2,1H3,(H,15,17). The molecule has 1 aromatic heterocycles. The van der Waals surface area contributed by atoms with E-state index >= 15 is 0 Å². The summed E-state index contributed by atoms with van der Waals surface area (Å²) in [5.41, 5.74) is 0. The maximum atomic E-state index is 12.0. The molecule has 1 unspecified atom stereocenters. The molecule has 2 amide bonds. The normalized spacial score (nSPS) is 18.8. The van der Waals surface area contributed by atoms with Crippen molar-refractivity contribution in [1.29, 1.82) is 0 Å². The minimum Gasteiger partial charge on any atom is -0.374 e. The van der Waals surface area contributed by atoms with Crippen LogP contribution in [0.25, 0.3) is 0 Å². The maximum Gasteiger partial charge on any atom is 0.419 e. The van der Waals surface area contributed by atoms with Gasteiger partial charge in [0.1, 0.15) is 6.17 Å². The Morgan fingerprint density at radius 2 is 2.11 bits per heavy atom. The van der Waals surface area contributed by atoms with Crippen molar-refractivity contribution >= 4 is 12.0 Å². The van der Waals surface area contributed by atoms with Gasteiger partial charge in [0.25, 0.3) is 0 Å². The molecule has 0 radical (unpaired) electrons. The van der Waals surface area contributed by atoms with Crippen LogP contribution in [0.1, 0.15) is 26.2 Å². The number of carbonyl (C=O) groups is 2. The Morgan fingerprint density at radius 3 is 2.79 bits per heavy atom. The van der Waals surface area contributed by atoms with Crippen LogP contribution in [0.3, 0.4) is 0 Å². The van der Waals surface area contributed by atoms with E-state index in [0.29, 0.717) is 6.54 Å². The van der Waals surface area contributed by atoms with E-state index in [4.69, 9.17) is 4.74 Å². The molecule has 7 nitrogen and oxygen atoms in total. The van der Waals surface area contributed by atoms with Crippen molar-refractivity contribution in [3.8, 4) is 6.01 Å². The van der Waals surface area contributed by atoms with E-state index in [9.17, 15) is 9.59 Å². The van der Waals surface area contributed by atoms with Crippen molar-refractivity contribution < 1.29 is 14.3 Å². The molecule has 2 heterocycles. The molecule has 2 rings (SSSR count). The predicted molar refractivity (Wildman–Crippen MR) is 66.2 cm³/mol. The summed E-state index contributed by atoms with van der Waals surface area (Å²) in [6, 6.07) is 1.65. The Balaban J connectivity index is 2.01. The Kier molecular flexibility index (Phi) is 4.27. The molecule has 1 aliphatic heterocycles. The van der Waals surface area contributed by atoms with E-state index in [2.05, 4.69) is 15.3 Å². The van der Waals surface area contributed by atoms with Crippen LogP contribution in [0.5, 0.6) is 6.01 Å². The lowest BCUT2D eigenvalue weighted by Gasteiger charge is -2.34. The molecular weight excluding hydrogens is 248 g/mol. The Hall–Kier alpha value is -2.18. The number of nitrogens with one attached hydrogen (secondary N) is 1. The van der Waals surface area contributed by atoms with Gasteiger partial charge in [0.15, 0.2) is 0 Å². The zero-order valence-corrected chi connectivity index (χ0v) is 10.7. The fraction of sp³-hybridized carbons (Fsp3) is 0.500. The van der Waals surface area contributed by atoms with Crippen LogP contribution in [-0.2, 0) is 4.79 Å². The number of aromatic nitrogens is 2. The van der Waals surface area contributed by atoms with Crippen LogP contribution in [0.2, 0.25) is 0 Å². The third-order valence-electron chi connectivity index (χ3n) is 2.83. The van der Waals surface area contributed by atoms with Gasteiger partial charge in [0, 0.05) is 25.9 Å². The van der Waals surface area contributed by atoms with Crippen molar-refractivity contribution in [2.24, 2.45) is 0 Å². The van der Waals surface area contributed by atoms with Crippen molar-refractivity contribution in [2.45, 2.75) is 32.4 Å². The summed E-state index contributed by atoms with van der Waals surface area (Å²) in [6.07, 6.45) is 4.72. The van der Waals surface area contributed by atoms with Gasteiger partial charge in [-0.05, 0) is 25.3 Å². The van der Waals surface area contributed by atoms with Crippen LogP contribution in [-0.4, -0.2) is 39.6 Å². The lowest BCUT2D eigenvalue weighted by molar-refractivity contribution is -0.121. The van der Waals surface area contributed by atoms with Gasteiger partial charge in [-0.2, -0.15) is 0 Å². The lowest BCUT2D eigenvalue weighted by Crippen LogP contribution is -2.53. The zero-order chi connectivity index (χ0) is 13.7. The van der Waals surface area contributed by atoms with Gasteiger partial charge in [-0.1, -0.05) is 0 Å². The smallest absolute Gasteiger partial charge is 0.374 e. The highest BCUT2D eigenvalue weighted by atomic mass is 16.6. The van der Waals surface area contributed by atoms with Crippen molar-refractivity contribution in [2.75, 3.05) is 6.54 Å². The molecule has 0 bridgehead atoms. The molecular formula is C12H16N4O3. The SMILES string of the molecule is CC(=O)NC1CCCCN1C(=O)Oc1ncccn1. The van der Waals surface area contributed by atoms with E-state index in [-0.39, 0.29) is 18.1 Å². The first-order valence-electron chi connectivity index (χ1n) is 6.19. The van der Waals surface area contributed by atoms with Crippen LogP contribution in [0.4, 0.5) is 4.79 Å². The minimum atomic E-state index is -0.537. The summed E-state index contributed by atoms with van der Waals surface area (Å²) in [5.74, 6) is -0.166. The third kappa shape index (κ3) is 3.64. The van der Waals surface area contributed by atoms with Crippen LogP contribution >= 0.6 is 0 Å². The van der Waals surface area contributed by atoms with Gasteiger partial charge in [0.05, 0.1) is 0 Å². The first-order valence-corrected chi connectivity index (χ1v) is 6.19. The molecule has 1 fully saturated rings. The van der Waals surface area contributed by atoms with E-state index < -0.39 is 6.09 Å². The Morgan fingerprint density at radius 1 is 1.37 bits per heavy atom. The number of hydrogen-bond acceptors (Lipinski definition) is 5. The molecule has 1 N–H and O–H groups in total. The fourth-order valence-electron chi connectivity index (χ4n) is 2.01. The summed E-state index contributed by atoms with van der Waals surface area (Å²) >= 11 is 0. The summed E-state index contributed by atoms with van der Waals surface area (Å²) in [4.78, 5) is 32.3. The molecule has 7 heteroatoms. The van der Waals surface area contributed by atoms with E-state index in [0.717, 1.165) is 19.3 Å². The minimum absolute atomic E-state index is 0.0136. The van der Waals surface area contributed by atoms with Crippen LogP contribution < -0.4 is 10.1 Å². The molecule has 0 aliphatic carbocycles. The van der Waals surface area contributed by atoms with Gasteiger partial charge in [-0.15, -0.1) is 0 Å². The highest BCUT2D eigenvalue weighted by molar-refractivity contribution is 5.75. The molecule has 0 spiro atoms. The van der Waals surface area contributed by atoms with Gasteiger partial charge in [-0.25, -0.2) is 14.8 Å². The first-order chi connectivity index (χ1) is 9.16. The highest BCUT2D eigenvalue weighted by Gasteiger charge is 2.29. The second kappa shape index (κ2) is 6.12. The number of rotatable bonds is 2. The Labute approximate surface area is 111 Å². The zero-order valence-electron chi connectivity index (χ0n) is 10.7. The summed E-state index contributed by atoms with van der Waals surface area (Å²) < 4.78 is 5.08. The van der Waals surface area contributed by atoms with Gasteiger partial charge < -0.3 is 10.1 Å². The van der Waals surface area contributed by atoms with Gasteiger partial charge in [-0.3, -0.25) is 9.69 Å². The van der Waals surface area contributed by atoms with Crippen LogP contribution in [0, 0.1) is 0 Å². The molecule has 1 aliphatic rings. The summed E-state index contributed by atoms with van der Waals surface area (Å²) in [7, 11) is 0. The molecule has 102 valence electrons. The number of piperidine rings is 1. The average Bonchev–Trinajstić information content (AvgIpc) is 2.39. The van der Waals surface area contributed by atoms with Gasteiger partial charge >= 0.3 is 12.1 Å². The predicted octanol–water partition coefficient (Wildman–Crippen LogP) is 0.923. The molecule has 1 atom stereocenters. The molecule has 0 saturated carbocycles. The molecule has 1 saturated heterocycles. The average molecular weight is 264 g/mol. The largest absolute Gasteiger partial charge is 0.419 e. The van der Waals surface area contributed by atoms with Crippen LogP contribution in [0.15, 0.2) is 18.5 Å². The summed E-state index contributed by atoms with van der Waals surface area (Å²) in [6.45, 7) is 1.98. The second-order valence-electron chi connectivity index (χ2n) is 4.30. The summed E-state index contributed by atoms with van der Waals surface area (Å²) in [5, 5.41) is 2.74. The van der Waals surface area contributed by atoms with Gasteiger partial charge in [0.2, 0.25) is 5.91 Å². The Bertz CT molecular complexity index is 452. The molecule has 19 heavy (non-hydrogen) atoms. The van der Waals surface area contributed by atoms with E-state index in [1.54, 1.807) is 6.07 Å². The fourth-order valence-corrected chi connectivity index (χ4v) is 2.01. The van der Waals surface area contributed by atoms with E-state index in [1.165, 1.54) is 24.2 Å². The lowest BCUT2D eigenvalue weighted by atomic mass is 10.1.